The average molecular weight is 385 g/mol. The normalized spacial score (nSPS) is 18.6. The molecule has 0 N–H and O–H groups in total. The summed E-state index contributed by atoms with van der Waals surface area (Å²) >= 11 is 0. The molecule has 0 spiro atoms. The highest BCUT2D eigenvalue weighted by Gasteiger charge is 2.36. The Bertz CT molecular complexity index is 1050. The van der Waals surface area contributed by atoms with Crippen LogP contribution in [0.5, 0.6) is 0 Å². The number of hydrogen-bond acceptors (Lipinski definition) is 5. The molecule has 3 aromatic rings. The first-order valence-corrected chi connectivity index (χ1v) is 10.4. The van der Waals surface area contributed by atoms with Gasteiger partial charge in [0, 0.05) is 45.1 Å². The van der Waals surface area contributed by atoms with Gasteiger partial charge in [-0.15, -0.1) is 0 Å². The van der Waals surface area contributed by atoms with Gasteiger partial charge < -0.3 is 0 Å². The second-order valence-corrected chi connectivity index (χ2v) is 8.92. The van der Waals surface area contributed by atoms with E-state index in [0.29, 0.717) is 11.3 Å². The zero-order valence-electron chi connectivity index (χ0n) is 15.5. The molecule has 7 nitrogen and oxygen atoms in total. The van der Waals surface area contributed by atoms with Gasteiger partial charge in [-0.05, 0) is 25.0 Å². The smallest absolute Gasteiger partial charge is 0.248 e. The average Bonchev–Trinajstić information content (AvgIpc) is 3.25. The summed E-state index contributed by atoms with van der Waals surface area (Å²) in [6.45, 7) is 4.15. The number of benzene rings is 1. The number of nitrogens with zero attached hydrogens (tertiary/aromatic N) is 5. The number of aromatic nitrogens is 3. The van der Waals surface area contributed by atoms with Gasteiger partial charge in [-0.3, -0.25) is 4.90 Å². The van der Waals surface area contributed by atoms with Crippen LogP contribution in [0.4, 0.5) is 0 Å². The van der Waals surface area contributed by atoms with Gasteiger partial charge in [0.05, 0.1) is 5.69 Å². The number of rotatable bonds is 5. The predicted octanol–water partition coefficient (Wildman–Crippen LogP) is 1.93. The van der Waals surface area contributed by atoms with Gasteiger partial charge in [0.2, 0.25) is 10.0 Å². The molecule has 0 amide bonds. The van der Waals surface area contributed by atoms with E-state index in [1.54, 1.807) is 32.4 Å². The zero-order chi connectivity index (χ0) is 19.0. The van der Waals surface area contributed by atoms with Gasteiger partial charge in [0.15, 0.2) is 5.65 Å². The lowest BCUT2D eigenvalue weighted by Crippen LogP contribution is -2.39. The molecule has 8 heteroatoms. The minimum atomic E-state index is -3.67. The Labute approximate surface area is 159 Å². The number of fused-ring (bicyclic) bond motifs is 1. The minimum absolute atomic E-state index is 0.0585. The third-order valence-corrected chi connectivity index (χ3v) is 7.21. The van der Waals surface area contributed by atoms with Crippen molar-refractivity contribution in [2.75, 3.05) is 20.1 Å². The fraction of sp³-hybridized carbons (Fsp3) is 0.368. The van der Waals surface area contributed by atoms with E-state index >= 15 is 0 Å². The maximum atomic E-state index is 13.3. The van der Waals surface area contributed by atoms with Crippen LogP contribution in [0.25, 0.3) is 5.65 Å². The van der Waals surface area contributed by atoms with Gasteiger partial charge in [0.25, 0.3) is 0 Å². The lowest BCUT2D eigenvalue weighted by atomic mass is 10.2. The molecule has 0 saturated carbocycles. The highest BCUT2D eigenvalue weighted by molar-refractivity contribution is 7.89. The maximum Gasteiger partial charge on any atom is 0.248 e. The maximum absolute atomic E-state index is 13.3. The standard InChI is InChI=1S/C19H23N5O2S/c1-15-18(19-20-10-6-11-24(19)21-15)27(25,26)22(2)17-9-12-23(14-17)13-16-7-4-3-5-8-16/h3-8,10-11,17H,9,12-14H2,1-2H3. The Kier molecular flexibility index (Phi) is 4.71. The van der Waals surface area contributed by atoms with Crippen LogP contribution in [0.15, 0.2) is 53.7 Å². The molecule has 1 aliphatic heterocycles. The van der Waals surface area contributed by atoms with Gasteiger partial charge >= 0.3 is 0 Å². The summed E-state index contributed by atoms with van der Waals surface area (Å²) in [6.07, 6.45) is 4.12. The highest BCUT2D eigenvalue weighted by atomic mass is 32.2. The molecule has 27 heavy (non-hydrogen) atoms. The van der Waals surface area contributed by atoms with Crippen LogP contribution in [0, 0.1) is 6.92 Å². The molecule has 0 aliphatic carbocycles. The Morgan fingerprint density at radius 1 is 1.22 bits per heavy atom. The first kappa shape index (κ1) is 18.1. The van der Waals surface area contributed by atoms with E-state index in [0.717, 1.165) is 26.1 Å². The molecule has 0 radical (unpaired) electrons. The van der Waals surface area contributed by atoms with Crippen molar-refractivity contribution >= 4 is 15.7 Å². The van der Waals surface area contributed by atoms with Crippen molar-refractivity contribution in [3.63, 3.8) is 0 Å². The number of hydrogen-bond donors (Lipinski definition) is 0. The van der Waals surface area contributed by atoms with Crippen LogP contribution in [0.3, 0.4) is 0 Å². The molecule has 2 aromatic heterocycles. The SMILES string of the molecule is Cc1nn2cccnc2c1S(=O)(=O)N(C)C1CCN(Cc2ccccc2)C1. The van der Waals surface area contributed by atoms with Gasteiger partial charge in [-0.25, -0.2) is 17.9 Å². The second kappa shape index (κ2) is 7.03. The van der Waals surface area contributed by atoms with E-state index in [9.17, 15) is 8.42 Å². The van der Waals surface area contributed by atoms with Gasteiger partial charge in [-0.2, -0.15) is 9.40 Å². The first-order chi connectivity index (χ1) is 13.0. The molecule has 142 valence electrons. The van der Waals surface area contributed by atoms with Crippen molar-refractivity contribution in [3.8, 4) is 0 Å². The van der Waals surface area contributed by atoms with Crippen LogP contribution in [-0.4, -0.2) is 58.4 Å². The van der Waals surface area contributed by atoms with Crippen LogP contribution in [0.2, 0.25) is 0 Å². The number of likely N-dealkylation sites (N-methyl/N-ethyl adjacent to an activating group) is 1. The molecule has 1 atom stereocenters. The fourth-order valence-electron chi connectivity index (χ4n) is 3.71. The monoisotopic (exact) mass is 385 g/mol. The van der Waals surface area contributed by atoms with Crippen LogP contribution in [-0.2, 0) is 16.6 Å². The topological polar surface area (TPSA) is 70.8 Å². The Balaban J connectivity index is 1.55. The number of sulfonamides is 1. The zero-order valence-corrected chi connectivity index (χ0v) is 16.3. The Morgan fingerprint density at radius 2 is 2.00 bits per heavy atom. The molecule has 1 aromatic carbocycles. The van der Waals surface area contributed by atoms with E-state index in [4.69, 9.17) is 0 Å². The van der Waals surface area contributed by atoms with E-state index in [1.165, 1.54) is 14.4 Å². The Morgan fingerprint density at radius 3 is 2.78 bits per heavy atom. The van der Waals surface area contributed by atoms with Crippen LogP contribution < -0.4 is 0 Å². The molecular formula is C19H23N5O2S. The molecule has 1 aliphatic rings. The molecule has 1 fully saturated rings. The summed E-state index contributed by atoms with van der Waals surface area (Å²) in [5, 5.41) is 4.30. The molecule has 1 saturated heterocycles. The summed E-state index contributed by atoms with van der Waals surface area (Å²) in [7, 11) is -2.01. The van der Waals surface area contributed by atoms with Crippen molar-refractivity contribution in [1.29, 1.82) is 0 Å². The first-order valence-electron chi connectivity index (χ1n) is 9.01. The summed E-state index contributed by atoms with van der Waals surface area (Å²) in [4.78, 5) is 6.73. The van der Waals surface area contributed by atoms with E-state index < -0.39 is 10.0 Å². The molecule has 3 heterocycles. The van der Waals surface area contributed by atoms with Crippen molar-refractivity contribution < 1.29 is 8.42 Å². The summed E-state index contributed by atoms with van der Waals surface area (Å²) in [6, 6.07) is 11.9. The number of aryl methyl sites for hydroxylation is 1. The van der Waals surface area contributed by atoms with Crippen LogP contribution in [0.1, 0.15) is 17.7 Å². The Hall–Kier alpha value is -2.29. The molecular weight excluding hydrogens is 362 g/mol. The second-order valence-electron chi connectivity index (χ2n) is 6.99. The van der Waals surface area contributed by atoms with Crippen molar-refractivity contribution in [3.05, 3.63) is 60.0 Å². The minimum Gasteiger partial charge on any atom is -0.297 e. The molecule has 4 rings (SSSR count). The lowest BCUT2D eigenvalue weighted by Gasteiger charge is -2.24. The van der Waals surface area contributed by atoms with Crippen molar-refractivity contribution in [2.45, 2.75) is 30.8 Å². The lowest BCUT2D eigenvalue weighted by molar-refractivity contribution is 0.298. The van der Waals surface area contributed by atoms with Gasteiger partial charge in [-0.1, -0.05) is 30.3 Å². The fourth-order valence-corrected chi connectivity index (χ4v) is 5.36. The summed E-state index contributed by atoms with van der Waals surface area (Å²) < 4.78 is 29.6. The van der Waals surface area contributed by atoms with Crippen LogP contribution >= 0.6 is 0 Å². The largest absolute Gasteiger partial charge is 0.297 e. The predicted molar refractivity (Wildman–Crippen MR) is 103 cm³/mol. The number of likely N-dealkylation sites (tertiary alicyclic amines) is 1. The van der Waals surface area contributed by atoms with E-state index in [-0.39, 0.29) is 10.9 Å². The molecule has 1 unspecified atom stereocenters. The third-order valence-electron chi connectivity index (χ3n) is 5.16. The highest BCUT2D eigenvalue weighted by Crippen LogP contribution is 2.27. The summed E-state index contributed by atoms with van der Waals surface area (Å²) in [5.74, 6) is 0. The van der Waals surface area contributed by atoms with Crippen molar-refractivity contribution in [2.24, 2.45) is 0 Å². The van der Waals surface area contributed by atoms with Gasteiger partial charge in [0.1, 0.15) is 4.90 Å². The quantitative estimate of drug-likeness (QED) is 0.671. The van der Waals surface area contributed by atoms with E-state index in [2.05, 4.69) is 27.1 Å². The third kappa shape index (κ3) is 3.36. The molecule has 0 bridgehead atoms. The van der Waals surface area contributed by atoms with E-state index in [1.807, 2.05) is 18.2 Å². The summed E-state index contributed by atoms with van der Waals surface area (Å²) in [5.41, 5.74) is 2.09. The van der Waals surface area contributed by atoms with Crippen molar-refractivity contribution in [1.82, 2.24) is 23.8 Å².